The van der Waals surface area contributed by atoms with E-state index < -0.39 is 29.6 Å². The number of nitrogens with one attached hydrogen (secondary N) is 1. The van der Waals surface area contributed by atoms with Gasteiger partial charge in [0.15, 0.2) is 0 Å². The largest absolute Gasteiger partial charge is 0.433 e. The van der Waals surface area contributed by atoms with Gasteiger partial charge in [0, 0.05) is 36.5 Å². The maximum atomic E-state index is 12.8. The minimum atomic E-state index is -4.55. The zero-order chi connectivity index (χ0) is 24.5. The van der Waals surface area contributed by atoms with E-state index in [9.17, 15) is 31.1 Å². The molecule has 0 radical (unpaired) electrons. The van der Waals surface area contributed by atoms with Crippen molar-refractivity contribution in [2.75, 3.05) is 18.4 Å². The van der Waals surface area contributed by atoms with E-state index >= 15 is 0 Å². The highest BCUT2D eigenvalue weighted by atomic mass is 19.4. The lowest BCUT2D eigenvalue weighted by Gasteiger charge is -2.30. The molecule has 0 bridgehead atoms. The maximum absolute atomic E-state index is 12.8. The standard InChI is InChI=1S/C21H17F6N5O2/c22-20(23,24)14-2-1-3-15(10-14)29-19(33)32-8-6-12(7-9-32)18-30-17(31-34-18)13-4-5-16(28-11-13)21(25,26)27/h1-5,10-12H,6-9H2,(H,29,33). The predicted molar refractivity (Wildman–Crippen MR) is 107 cm³/mol. The van der Waals surface area contributed by atoms with Crippen LogP contribution in [0, 0.1) is 0 Å². The Labute approximate surface area is 188 Å². The lowest BCUT2D eigenvalue weighted by molar-refractivity contribution is -0.141. The Kier molecular flexibility index (Phi) is 6.19. The summed E-state index contributed by atoms with van der Waals surface area (Å²) in [5.41, 5.74) is -1.59. The molecule has 1 saturated heterocycles. The van der Waals surface area contributed by atoms with Crippen molar-refractivity contribution in [2.24, 2.45) is 0 Å². The topological polar surface area (TPSA) is 84.2 Å². The Morgan fingerprint density at radius 3 is 2.38 bits per heavy atom. The average molecular weight is 485 g/mol. The molecule has 13 heteroatoms. The van der Waals surface area contributed by atoms with E-state index in [0.29, 0.717) is 25.9 Å². The van der Waals surface area contributed by atoms with E-state index in [0.717, 1.165) is 24.4 Å². The molecule has 4 rings (SSSR count). The highest BCUT2D eigenvalue weighted by molar-refractivity contribution is 5.89. The number of pyridine rings is 1. The molecule has 2 aromatic heterocycles. The normalized spacial score (nSPS) is 15.4. The number of hydrogen-bond acceptors (Lipinski definition) is 5. The second kappa shape index (κ2) is 8.95. The zero-order valence-corrected chi connectivity index (χ0v) is 17.3. The van der Waals surface area contributed by atoms with Gasteiger partial charge in [0.2, 0.25) is 11.7 Å². The third kappa shape index (κ3) is 5.29. The number of urea groups is 1. The van der Waals surface area contributed by atoms with Crippen LogP contribution in [0.1, 0.15) is 35.9 Å². The number of carbonyl (C=O) groups excluding carboxylic acids is 1. The summed E-state index contributed by atoms with van der Waals surface area (Å²) in [5.74, 6) is 0.204. The number of hydrogen-bond donors (Lipinski definition) is 1. The Hall–Kier alpha value is -3.64. The highest BCUT2D eigenvalue weighted by Crippen LogP contribution is 2.32. The number of piperidine rings is 1. The number of halogens is 6. The van der Waals surface area contributed by atoms with E-state index in [2.05, 4.69) is 20.4 Å². The summed E-state index contributed by atoms with van der Waals surface area (Å²) >= 11 is 0. The van der Waals surface area contributed by atoms with E-state index in [1.165, 1.54) is 23.1 Å². The Morgan fingerprint density at radius 2 is 1.76 bits per heavy atom. The van der Waals surface area contributed by atoms with Crippen molar-refractivity contribution in [1.82, 2.24) is 20.0 Å². The quantitative estimate of drug-likeness (QED) is 0.490. The van der Waals surface area contributed by atoms with Gasteiger partial charge in [-0.2, -0.15) is 31.3 Å². The fourth-order valence-corrected chi connectivity index (χ4v) is 3.52. The number of benzene rings is 1. The molecule has 3 aromatic rings. The number of anilines is 1. The molecule has 1 fully saturated rings. The van der Waals surface area contributed by atoms with Gasteiger partial charge in [0.25, 0.3) is 0 Å². The molecule has 2 amide bonds. The molecule has 180 valence electrons. The molecule has 0 saturated carbocycles. The summed E-state index contributed by atoms with van der Waals surface area (Å²) in [6.07, 6.45) is -7.13. The molecule has 7 nitrogen and oxygen atoms in total. The first kappa shape index (κ1) is 23.5. The van der Waals surface area contributed by atoms with Gasteiger partial charge in [-0.25, -0.2) is 4.79 Å². The molecule has 1 aromatic carbocycles. The third-order valence-corrected chi connectivity index (χ3v) is 5.33. The van der Waals surface area contributed by atoms with Crippen LogP contribution in [0.25, 0.3) is 11.4 Å². The summed E-state index contributed by atoms with van der Waals surface area (Å²) in [7, 11) is 0. The van der Waals surface area contributed by atoms with E-state index in [1.807, 2.05) is 0 Å². The van der Waals surface area contributed by atoms with Crippen LogP contribution in [0.4, 0.5) is 36.8 Å². The summed E-state index contributed by atoms with van der Waals surface area (Å²) < 4.78 is 81.8. The minimum absolute atomic E-state index is 0.0358. The van der Waals surface area contributed by atoms with Crippen molar-refractivity contribution >= 4 is 11.7 Å². The molecule has 0 aliphatic carbocycles. The number of rotatable bonds is 3. The number of amides is 2. The zero-order valence-electron chi connectivity index (χ0n) is 17.3. The number of aromatic nitrogens is 3. The SMILES string of the molecule is O=C(Nc1cccc(C(F)(F)F)c1)N1CCC(c2nc(-c3ccc(C(F)(F)F)nc3)no2)CC1. The molecule has 1 aliphatic rings. The van der Waals surface area contributed by atoms with Gasteiger partial charge in [-0.1, -0.05) is 11.2 Å². The first-order chi connectivity index (χ1) is 16.0. The van der Waals surface area contributed by atoms with Crippen molar-refractivity contribution in [3.05, 3.63) is 59.7 Å². The first-order valence-electron chi connectivity index (χ1n) is 10.1. The first-order valence-corrected chi connectivity index (χ1v) is 10.1. The van der Waals surface area contributed by atoms with Crippen molar-refractivity contribution in [2.45, 2.75) is 31.1 Å². The Bertz CT molecular complexity index is 1150. The van der Waals surface area contributed by atoms with Crippen LogP contribution in [-0.2, 0) is 12.4 Å². The molecule has 0 atom stereocenters. The van der Waals surface area contributed by atoms with Crippen molar-refractivity contribution in [3.63, 3.8) is 0 Å². The van der Waals surface area contributed by atoms with Crippen LogP contribution < -0.4 is 5.32 Å². The summed E-state index contributed by atoms with van der Waals surface area (Å²) in [4.78, 5) is 21.5. The van der Waals surface area contributed by atoms with Crippen LogP contribution in [0.5, 0.6) is 0 Å². The average Bonchev–Trinajstić information content (AvgIpc) is 3.29. The van der Waals surface area contributed by atoms with Gasteiger partial charge in [0.05, 0.1) is 5.56 Å². The van der Waals surface area contributed by atoms with Crippen LogP contribution in [0.2, 0.25) is 0 Å². The van der Waals surface area contributed by atoms with Crippen LogP contribution in [0.15, 0.2) is 47.1 Å². The molecule has 1 aliphatic heterocycles. The van der Waals surface area contributed by atoms with Gasteiger partial charge in [-0.05, 0) is 43.2 Å². The van der Waals surface area contributed by atoms with Gasteiger partial charge in [0.1, 0.15) is 5.69 Å². The molecule has 34 heavy (non-hydrogen) atoms. The fraction of sp³-hybridized carbons (Fsp3) is 0.333. The lowest BCUT2D eigenvalue weighted by atomic mass is 9.97. The summed E-state index contributed by atoms with van der Waals surface area (Å²) in [6.45, 7) is 0.601. The number of alkyl halides is 6. The molecule has 0 spiro atoms. The van der Waals surface area contributed by atoms with Gasteiger partial charge in [-0.3, -0.25) is 4.98 Å². The van der Waals surface area contributed by atoms with E-state index in [-0.39, 0.29) is 28.9 Å². The number of carbonyl (C=O) groups is 1. The van der Waals surface area contributed by atoms with Crippen LogP contribution >= 0.6 is 0 Å². The van der Waals surface area contributed by atoms with E-state index in [4.69, 9.17) is 4.52 Å². The summed E-state index contributed by atoms with van der Waals surface area (Å²) in [5, 5.41) is 6.27. The van der Waals surface area contributed by atoms with Crippen LogP contribution in [-0.4, -0.2) is 39.1 Å². The second-order valence-corrected chi connectivity index (χ2v) is 7.66. The molecule has 1 N–H and O–H groups in total. The van der Waals surface area contributed by atoms with Crippen molar-refractivity contribution in [3.8, 4) is 11.4 Å². The number of likely N-dealkylation sites (tertiary alicyclic amines) is 1. The predicted octanol–water partition coefficient (Wildman–Crippen LogP) is 5.58. The maximum Gasteiger partial charge on any atom is 0.433 e. The third-order valence-electron chi connectivity index (χ3n) is 5.33. The van der Waals surface area contributed by atoms with Gasteiger partial charge >= 0.3 is 18.4 Å². The summed E-state index contributed by atoms with van der Waals surface area (Å²) in [6, 6.07) is 5.86. The number of nitrogens with zero attached hydrogens (tertiary/aromatic N) is 4. The lowest BCUT2D eigenvalue weighted by Crippen LogP contribution is -2.40. The Balaban J connectivity index is 1.34. The molecule has 3 heterocycles. The second-order valence-electron chi connectivity index (χ2n) is 7.66. The molecular formula is C21H17F6N5O2. The highest BCUT2D eigenvalue weighted by Gasteiger charge is 2.33. The molecule has 0 unspecified atom stereocenters. The fourth-order valence-electron chi connectivity index (χ4n) is 3.52. The van der Waals surface area contributed by atoms with Crippen LogP contribution in [0.3, 0.4) is 0 Å². The van der Waals surface area contributed by atoms with Gasteiger partial charge in [-0.15, -0.1) is 0 Å². The molecular weight excluding hydrogens is 468 g/mol. The minimum Gasteiger partial charge on any atom is -0.339 e. The Morgan fingerprint density at radius 1 is 1.03 bits per heavy atom. The van der Waals surface area contributed by atoms with Crippen molar-refractivity contribution in [1.29, 1.82) is 0 Å². The van der Waals surface area contributed by atoms with Crippen molar-refractivity contribution < 1.29 is 35.7 Å². The monoisotopic (exact) mass is 485 g/mol. The van der Waals surface area contributed by atoms with Gasteiger partial charge < -0.3 is 14.7 Å². The smallest absolute Gasteiger partial charge is 0.339 e. The van der Waals surface area contributed by atoms with E-state index in [1.54, 1.807) is 0 Å².